The molecule has 0 aliphatic rings. The fourth-order valence-electron chi connectivity index (χ4n) is 1.73. The number of nitrogens with zero attached hydrogens (tertiary/aromatic N) is 1. The average Bonchev–Trinajstić information content (AvgIpc) is 2.95. The molecule has 1 aromatic carbocycles. The van der Waals surface area contributed by atoms with Gasteiger partial charge in [-0.05, 0) is 12.5 Å². The van der Waals surface area contributed by atoms with Gasteiger partial charge in [0.25, 0.3) is 5.91 Å². The normalized spacial score (nSPS) is 12.1. The molecule has 0 aliphatic heterocycles. The number of carbonyl (C=O) groups excluding carboxylic acids is 1. The Labute approximate surface area is 111 Å². The molecule has 2 rings (SSSR count). The highest BCUT2D eigenvalue weighted by Gasteiger charge is 2.14. The number of nitrogens with one attached hydrogen (secondary N) is 2. The first-order valence-corrected chi connectivity index (χ1v) is 6.27. The fraction of sp³-hybridized carbons (Fsp3) is 0.286. The van der Waals surface area contributed by atoms with Crippen LogP contribution in [0, 0.1) is 0 Å². The lowest BCUT2D eigenvalue weighted by Crippen LogP contribution is -2.37. The minimum atomic E-state index is -0.254. The lowest BCUT2D eigenvalue weighted by Gasteiger charge is -2.12. The Morgan fingerprint density at radius 3 is 2.79 bits per heavy atom. The second-order valence-corrected chi connectivity index (χ2v) is 4.29. The minimum Gasteiger partial charge on any atom is -0.394 e. The molecule has 0 spiro atoms. The number of rotatable bonds is 5. The van der Waals surface area contributed by atoms with Crippen LogP contribution in [0.5, 0.6) is 0 Å². The summed E-state index contributed by atoms with van der Waals surface area (Å²) in [4.78, 5) is 11.9. The molecular formula is C14H17N3O2. The Balaban J connectivity index is 2.11. The van der Waals surface area contributed by atoms with E-state index in [1.165, 1.54) is 0 Å². The van der Waals surface area contributed by atoms with Gasteiger partial charge in [-0.1, -0.05) is 37.3 Å². The van der Waals surface area contributed by atoms with E-state index in [0.29, 0.717) is 12.1 Å². The predicted octanol–water partition coefficient (Wildman–Crippen LogP) is 1.58. The van der Waals surface area contributed by atoms with E-state index in [-0.39, 0.29) is 18.6 Å². The van der Waals surface area contributed by atoms with E-state index in [1.807, 2.05) is 37.3 Å². The van der Waals surface area contributed by atoms with Crippen molar-refractivity contribution in [1.29, 1.82) is 0 Å². The molecule has 5 nitrogen and oxygen atoms in total. The molecule has 1 aromatic heterocycles. The summed E-state index contributed by atoms with van der Waals surface area (Å²) >= 11 is 0. The van der Waals surface area contributed by atoms with Crippen LogP contribution in [0.1, 0.15) is 23.8 Å². The van der Waals surface area contributed by atoms with Crippen molar-refractivity contribution >= 4 is 5.91 Å². The predicted molar refractivity (Wildman–Crippen MR) is 72.7 cm³/mol. The molecule has 0 radical (unpaired) electrons. The molecule has 1 atom stereocenters. The molecule has 0 bridgehead atoms. The van der Waals surface area contributed by atoms with Gasteiger partial charge in [0.05, 0.1) is 18.3 Å². The van der Waals surface area contributed by atoms with Crippen LogP contribution in [-0.4, -0.2) is 33.9 Å². The third-order valence-corrected chi connectivity index (χ3v) is 2.94. The highest BCUT2D eigenvalue weighted by atomic mass is 16.3. The number of aromatic nitrogens is 2. The third-order valence-electron chi connectivity index (χ3n) is 2.94. The standard InChI is InChI=1S/C14H17N3O2/c1-2-11(9-18)15-14(19)13-8-12(16-17-13)10-6-4-3-5-7-10/h3-8,11,18H,2,9H2,1H3,(H,15,19)(H,16,17). The first kappa shape index (κ1) is 13.3. The zero-order chi connectivity index (χ0) is 13.7. The Hall–Kier alpha value is -2.14. The smallest absolute Gasteiger partial charge is 0.269 e. The number of benzene rings is 1. The van der Waals surface area contributed by atoms with Gasteiger partial charge in [-0.3, -0.25) is 9.89 Å². The largest absolute Gasteiger partial charge is 0.394 e. The number of H-pyrrole nitrogens is 1. The van der Waals surface area contributed by atoms with Gasteiger partial charge in [0, 0.05) is 5.56 Å². The van der Waals surface area contributed by atoms with Gasteiger partial charge in [0.2, 0.25) is 0 Å². The molecule has 19 heavy (non-hydrogen) atoms. The second kappa shape index (κ2) is 6.15. The van der Waals surface area contributed by atoms with Gasteiger partial charge in [-0.25, -0.2) is 0 Å². The Bertz CT molecular complexity index is 533. The third kappa shape index (κ3) is 3.20. The van der Waals surface area contributed by atoms with Crippen molar-refractivity contribution < 1.29 is 9.90 Å². The number of amides is 1. The van der Waals surface area contributed by atoms with Gasteiger partial charge >= 0.3 is 0 Å². The first-order chi connectivity index (χ1) is 9.24. The maximum atomic E-state index is 11.9. The van der Waals surface area contributed by atoms with E-state index in [9.17, 15) is 4.79 Å². The number of carbonyl (C=O) groups is 1. The summed E-state index contributed by atoms with van der Waals surface area (Å²) in [5.41, 5.74) is 2.07. The van der Waals surface area contributed by atoms with Crippen molar-refractivity contribution in [3.05, 3.63) is 42.1 Å². The topological polar surface area (TPSA) is 78.0 Å². The summed E-state index contributed by atoms with van der Waals surface area (Å²) in [6.07, 6.45) is 0.682. The molecule has 0 fully saturated rings. The van der Waals surface area contributed by atoms with Crippen molar-refractivity contribution in [1.82, 2.24) is 15.5 Å². The molecule has 1 heterocycles. The van der Waals surface area contributed by atoms with E-state index in [1.54, 1.807) is 6.07 Å². The molecular weight excluding hydrogens is 242 g/mol. The monoisotopic (exact) mass is 259 g/mol. The van der Waals surface area contributed by atoms with Gasteiger partial charge in [0.1, 0.15) is 5.69 Å². The molecule has 100 valence electrons. The quantitative estimate of drug-likeness (QED) is 0.762. The second-order valence-electron chi connectivity index (χ2n) is 4.29. The van der Waals surface area contributed by atoms with Gasteiger partial charge in [-0.2, -0.15) is 5.10 Å². The van der Waals surface area contributed by atoms with E-state index in [2.05, 4.69) is 15.5 Å². The molecule has 2 aromatic rings. The molecule has 0 saturated carbocycles. The van der Waals surface area contributed by atoms with Crippen LogP contribution in [0.4, 0.5) is 0 Å². The van der Waals surface area contributed by atoms with E-state index in [0.717, 1.165) is 11.3 Å². The molecule has 3 N–H and O–H groups in total. The average molecular weight is 259 g/mol. The van der Waals surface area contributed by atoms with Crippen molar-refractivity contribution in [2.24, 2.45) is 0 Å². The van der Waals surface area contributed by atoms with E-state index < -0.39 is 0 Å². The van der Waals surface area contributed by atoms with Gasteiger partial charge < -0.3 is 10.4 Å². The van der Waals surface area contributed by atoms with Crippen molar-refractivity contribution in [3.63, 3.8) is 0 Å². The summed E-state index contributed by atoms with van der Waals surface area (Å²) in [5.74, 6) is -0.254. The number of hydrogen-bond donors (Lipinski definition) is 3. The summed E-state index contributed by atoms with van der Waals surface area (Å²) < 4.78 is 0. The van der Waals surface area contributed by atoms with Crippen LogP contribution in [0.15, 0.2) is 36.4 Å². The van der Waals surface area contributed by atoms with Crippen LogP contribution in [0.3, 0.4) is 0 Å². The molecule has 0 aliphatic carbocycles. The highest BCUT2D eigenvalue weighted by molar-refractivity contribution is 5.93. The summed E-state index contributed by atoms with van der Waals surface area (Å²) in [6, 6.07) is 11.1. The Morgan fingerprint density at radius 2 is 2.16 bits per heavy atom. The molecule has 1 amide bonds. The van der Waals surface area contributed by atoms with Crippen LogP contribution in [0.25, 0.3) is 11.3 Å². The summed E-state index contributed by atoms with van der Waals surface area (Å²) in [6.45, 7) is 1.84. The molecule has 0 saturated heterocycles. The maximum absolute atomic E-state index is 11.9. The van der Waals surface area contributed by atoms with E-state index in [4.69, 9.17) is 5.11 Å². The number of aliphatic hydroxyl groups excluding tert-OH is 1. The van der Waals surface area contributed by atoms with E-state index >= 15 is 0 Å². The van der Waals surface area contributed by atoms with Crippen LogP contribution < -0.4 is 5.32 Å². The zero-order valence-electron chi connectivity index (χ0n) is 10.8. The van der Waals surface area contributed by atoms with Crippen LogP contribution in [0.2, 0.25) is 0 Å². The van der Waals surface area contributed by atoms with Crippen molar-refractivity contribution in [2.75, 3.05) is 6.61 Å². The maximum Gasteiger partial charge on any atom is 0.269 e. The Kier molecular flexibility index (Phi) is 4.30. The SMILES string of the molecule is CCC(CO)NC(=O)c1cc(-c2ccccc2)n[nH]1. The summed E-state index contributed by atoms with van der Waals surface area (Å²) in [5, 5.41) is 18.6. The molecule has 1 unspecified atom stereocenters. The van der Waals surface area contributed by atoms with Crippen molar-refractivity contribution in [3.8, 4) is 11.3 Å². The summed E-state index contributed by atoms with van der Waals surface area (Å²) in [7, 11) is 0. The van der Waals surface area contributed by atoms with Gasteiger partial charge in [0.15, 0.2) is 0 Å². The zero-order valence-corrected chi connectivity index (χ0v) is 10.8. The van der Waals surface area contributed by atoms with Crippen LogP contribution in [-0.2, 0) is 0 Å². The van der Waals surface area contributed by atoms with Crippen molar-refractivity contribution in [2.45, 2.75) is 19.4 Å². The number of hydrogen-bond acceptors (Lipinski definition) is 3. The first-order valence-electron chi connectivity index (χ1n) is 6.27. The minimum absolute atomic E-state index is 0.0675. The van der Waals surface area contributed by atoms with Gasteiger partial charge in [-0.15, -0.1) is 0 Å². The molecule has 5 heteroatoms. The lowest BCUT2D eigenvalue weighted by atomic mass is 10.1. The highest BCUT2D eigenvalue weighted by Crippen LogP contribution is 2.16. The fourth-order valence-corrected chi connectivity index (χ4v) is 1.73. The Morgan fingerprint density at radius 1 is 1.42 bits per heavy atom. The number of aromatic amines is 1. The number of aliphatic hydroxyl groups is 1. The lowest BCUT2D eigenvalue weighted by molar-refractivity contribution is 0.0910. The van der Waals surface area contributed by atoms with Crippen LogP contribution >= 0.6 is 0 Å².